The lowest BCUT2D eigenvalue weighted by molar-refractivity contribution is -0.711. The summed E-state index contributed by atoms with van der Waals surface area (Å²) in [6.45, 7) is 0. The van der Waals surface area contributed by atoms with Crippen molar-refractivity contribution >= 4 is 11.8 Å². The summed E-state index contributed by atoms with van der Waals surface area (Å²) in [6, 6.07) is 12.0. The number of primary amides is 1. The standard InChI is InChI=1S/C21H16N6O/c22-12-18(13-23)19(17-2-1-7-26-14-17)20(21(24)28)27-10-5-16(6-11-27)15-3-8-25-9-4-15/h1-11,14,19-20,22H,(H-,24,28)/p+1/t19-,20+/m1/s1. The molecule has 7 nitrogen and oxygen atoms in total. The Morgan fingerprint density at radius 2 is 1.75 bits per heavy atom. The summed E-state index contributed by atoms with van der Waals surface area (Å²) >= 11 is 0. The van der Waals surface area contributed by atoms with E-state index in [0.29, 0.717) is 5.56 Å². The number of rotatable bonds is 6. The molecule has 0 aliphatic heterocycles. The molecule has 0 aliphatic carbocycles. The SMILES string of the molecule is N#CC(=C=N)[C@@H](c1cccnc1)[C@@H](C(N)=O)[n+]1ccc(-c2ccncc2)cc1. The fourth-order valence-electron chi connectivity index (χ4n) is 3.09. The molecule has 3 N–H and O–H groups in total. The van der Waals surface area contributed by atoms with Gasteiger partial charge in [0.05, 0.1) is 0 Å². The minimum Gasteiger partial charge on any atom is -0.364 e. The monoisotopic (exact) mass is 369 g/mol. The molecule has 0 radical (unpaired) electrons. The normalized spacial score (nSPS) is 12.2. The average Bonchev–Trinajstić information content (AvgIpc) is 2.75. The fourth-order valence-corrected chi connectivity index (χ4v) is 3.09. The van der Waals surface area contributed by atoms with Crippen molar-refractivity contribution in [2.24, 2.45) is 5.73 Å². The number of carbonyl (C=O) groups is 1. The molecular weight excluding hydrogens is 352 g/mol. The van der Waals surface area contributed by atoms with Gasteiger partial charge in [-0.15, -0.1) is 0 Å². The maximum Gasteiger partial charge on any atom is 0.287 e. The van der Waals surface area contributed by atoms with Gasteiger partial charge in [-0.2, -0.15) is 9.83 Å². The lowest BCUT2D eigenvalue weighted by atomic mass is 9.86. The van der Waals surface area contributed by atoms with Crippen molar-refractivity contribution in [2.75, 3.05) is 0 Å². The van der Waals surface area contributed by atoms with Crippen LogP contribution < -0.4 is 10.3 Å². The molecule has 0 unspecified atom stereocenters. The van der Waals surface area contributed by atoms with E-state index in [-0.39, 0.29) is 5.57 Å². The minimum absolute atomic E-state index is 0.00232. The van der Waals surface area contributed by atoms with Gasteiger partial charge in [-0.3, -0.25) is 20.2 Å². The van der Waals surface area contributed by atoms with Crippen LogP contribution in [0.2, 0.25) is 0 Å². The van der Waals surface area contributed by atoms with Crippen molar-refractivity contribution in [1.29, 1.82) is 10.7 Å². The molecule has 2 atom stereocenters. The number of hydrogen-bond acceptors (Lipinski definition) is 5. The van der Waals surface area contributed by atoms with E-state index in [1.807, 2.05) is 30.3 Å². The molecule has 0 saturated carbocycles. The molecule has 0 aliphatic rings. The average molecular weight is 369 g/mol. The number of nitrogens with zero attached hydrogens (tertiary/aromatic N) is 4. The third-order valence-electron chi connectivity index (χ3n) is 4.40. The predicted octanol–water partition coefficient (Wildman–Crippen LogP) is 1.94. The third kappa shape index (κ3) is 3.83. The van der Waals surface area contributed by atoms with Crippen LogP contribution in [0.25, 0.3) is 11.1 Å². The second kappa shape index (κ2) is 8.49. The number of allylic oxidation sites excluding steroid dienone is 1. The molecule has 28 heavy (non-hydrogen) atoms. The highest BCUT2D eigenvalue weighted by Crippen LogP contribution is 2.31. The van der Waals surface area contributed by atoms with Crippen molar-refractivity contribution in [3.8, 4) is 17.2 Å². The molecule has 3 aromatic heterocycles. The number of aromatic nitrogens is 3. The lowest BCUT2D eigenvalue weighted by Crippen LogP contribution is -2.49. The van der Waals surface area contributed by atoms with Gasteiger partial charge in [0.2, 0.25) is 6.04 Å². The maximum atomic E-state index is 12.4. The van der Waals surface area contributed by atoms with Crippen LogP contribution in [0.15, 0.2) is 79.2 Å². The molecule has 0 fully saturated rings. The molecule has 3 heterocycles. The second-order valence-electron chi connectivity index (χ2n) is 6.03. The summed E-state index contributed by atoms with van der Waals surface area (Å²) in [7, 11) is 0. The summed E-state index contributed by atoms with van der Waals surface area (Å²) in [5.41, 5.74) is 8.24. The summed E-state index contributed by atoms with van der Waals surface area (Å²) < 4.78 is 1.64. The highest BCUT2D eigenvalue weighted by atomic mass is 16.1. The molecule has 7 heteroatoms. The Kier molecular flexibility index (Phi) is 5.66. The van der Waals surface area contributed by atoms with Crippen LogP contribution in [0.5, 0.6) is 0 Å². The quantitative estimate of drug-likeness (QED) is 0.392. The van der Waals surface area contributed by atoms with E-state index in [4.69, 9.17) is 11.1 Å². The summed E-state index contributed by atoms with van der Waals surface area (Å²) in [5, 5.41) is 17.0. The van der Waals surface area contributed by atoms with Crippen LogP contribution in [0, 0.1) is 16.7 Å². The van der Waals surface area contributed by atoms with Crippen molar-refractivity contribution in [3.05, 3.63) is 84.7 Å². The van der Waals surface area contributed by atoms with Gasteiger partial charge in [0.1, 0.15) is 17.6 Å². The molecule has 0 bridgehead atoms. The van der Waals surface area contributed by atoms with Crippen LogP contribution in [0.4, 0.5) is 0 Å². The number of amides is 1. The summed E-state index contributed by atoms with van der Waals surface area (Å²) in [5.74, 6) is 0.743. The Balaban J connectivity index is 2.07. The van der Waals surface area contributed by atoms with Gasteiger partial charge in [0.15, 0.2) is 12.4 Å². The van der Waals surface area contributed by atoms with E-state index in [0.717, 1.165) is 11.1 Å². The molecule has 3 aromatic rings. The van der Waals surface area contributed by atoms with Crippen LogP contribution >= 0.6 is 0 Å². The first-order valence-electron chi connectivity index (χ1n) is 8.46. The van der Waals surface area contributed by atoms with Gasteiger partial charge in [-0.1, -0.05) is 6.07 Å². The van der Waals surface area contributed by atoms with Crippen molar-refractivity contribution < 1.29 is 9.36 Å². The Hall–Kier alpha value is -4.14. The van der Waals surface area contributed by atoms with Crippen LogP contribution in [0.1, 0.15) is 17.5 Å². The molecule has 3 rings (SSSR count). The van der Waals surface area contributed by atoms with Gasteiger partial charge in [0.25, 0.3) is 5.91 Å². The fraction of sp³-hybridized carbons (Fsp3) is 0.0952. The zero-order valence-corrected chi connectivity index (χ0v) is 14.9. The van der Waals surface area contributed by atoms with E-state index in [9.17, 15) is 10.1 Å². The van der Waals surface area contributed by atoms with E-state index in [2.05, 4.69) is 15.8 Å². The highest BCUT2D eigenvalue weighted by Gasteiger charge is 2.39. The largest absolute Gasteiger partial charge is 0.364 e. The summed E-state index contributed by atoms with van der Waals surface area (Å²) in [4.78, 5) is 20.4. The first-order chi connectivity index (χ1) is 13.7. The minimum atomic E-state index is -0.914. The number of carbonyl (C=O) groups excluding carboxylic acids is 1. The first kappa shape index (κ1) is 18.6. The number of pyridine rings is 3. The number of nitriles is 1. The molecule has 136 valence electrons. The van der Waals surface area contributed by atoms with E-state index in [1.165, 1.54) is 0 Å². The van der Waals surface area contributed by atoms with Crippen LogP contribution in [-0.4, -0.2) is 21.7 Å². The Bertz CT molecular complexity index is 1050. The highest BCUT2D eigenvalue weighted by molar-refractivity contribution is 5.80. The van der Waals surface area contributed by atoms with Gasteiger partial charge < -0.3 is 5.73 Å². The Morgan fingerprint density at radius 1 is 1.07 bits per heavy atom. The van der Waals surface area contributed by atoms with E-state index < -0.39 is 17.9 Å². The van der Waals surface area contributed by atoms with E-state index in [1.54, 1.807) is 53.9 Å². The van der Waals surface area contributed by atoms with Crippen molar-refractivity contribution in [1.82, 2.24) is 9.97 Å². The van der Waals surface area contributed by atoms with Gasteiger partial charge in [-0.25, -0.2) is 0 Å². The molecular formula is C21H17N6O+. The Labute approximate surface area is 161 Å². The molecule has 0 saturated heterocycles. The van der Waals surface area contributed by atoms with Crippen molar-refractivity contribution in [3.63, 3.8) is 0 Å². The van der Waals surface area contributed by atoms with Crippen molar-refractivity contribution in [2.45, 2.75) is 12.0 Å². The smallest absolute Gasteiger partial charge is 0.287 e. The zero-order valence-electron chi connectivity index (χ0n) is 14.9. The predicted molar refractivity (Wildman–Crippen MR) is 102 cm³/mol. The zero-order chi connectivity index (χ0) is 19.9. The third-order valence-corrected chi connectivity index (χ3v) is 4.40. The maximum absolute atomic E-state index is 12.4. The van der Waals surface area contributed by atoms with E-state index >= 15 is 0 Å². The summed E-state index contributed by atoms with van der Waals surface area (Å²) in [6.07, 6.45) is 10.0. The van der Waals surface area contributed by atoms with Gasteiger partial charge in [-0.05, 0) is 40.8 Å². The van der Waals surface area contributed by atoms with Crippen LogP contribution in [0.3, 0.4) is 0 Å². The second-order valence-corrected chi connectivity index (χ2v) is 6.03. The molecule has 0 aromatic carbocycles. The Morgan fingerprint density at radius 3 is 2.29 bits per heavy atom. The van der Waals surface area contributed by atoms with Gasteiger partial charge >= 0.3 is 0 Å². The number of hydrogen-bond donors (Lipinski definition) is 2. The number of nitrogens with two attached hydrogens (primary N) is 1. The number of nitrogens with one attached hydrogen (secondary N) is 1. The topological polar surface area (TPSA) is 120 Å². The first-order valence-corrected chi connectivity index (χ1v) is 8.46. The van der Waals surface area contributed by atoms with Gasteiger partial charge in [0, 0.05) is 36.9 Å². The molecule has 0 spiro atoms. The lowest BCUT2D eigenvalue weighted by Gasteiger charge is -2.19. The van der Waals surface area contributed by atoms with Crippen LogP contribution in [-0.2, 0) is 4.79 Å². The molecule has 1 amide bonds.